The molecule has 0 aromatic heterocycles. The van der Waals surface area contributed by atoms with Crippen molar-refractivity contribution in [3.05, 3.63) is 101 Å². The van der Waals surface area contributed by atoms with Crippen LogP contribution in [-0.4, -0.2) is 50.0 Å². The van der Waals surface area contributed by atoms with E-state index < -0.39 is 28.5 Å². The molecule has 1 fully saturated rings. The van der Waals surface area contributed by atoms with Gasteiger partial charge in [-0.2, -0.15) is 0 Å². The van der Waals surface area contributed by atoms with E-state index in [1.54, 1.807) is 42.5 Å². The molecule has 3 aromatic rings. The Morgan fingerprint density at radius 1 is 0.875 bits per heavy atom. The topological polar surface area (TPSA) is 86.8 Å². The molecule has 0 unspecified atom stereocenters. The van der Waals surface area contributed by atoms with Crippen molar-refractivity contribution >= 4 is 39.1 Å². The molecule has 1 saturated carbocycles. The maximum Gasteiger partial charge on any atom is 0.244 e. The maximum absolute atomic E-state index is 14.1. The van der Waals surface area contributed by atoms with E-state index in [1.165, 1.54) is 4.90 Å². The summed E-state index contributed by atoms with van der Waals surface area (Å²) in [5.41, 5.74) is 2.08. The van der Waals surface area contributed by atoms with Crippen LogP contribution in [0.15, 0.2) is 84.9 Å². The molecule has 7 nitrogen and oxygen atoms in total. The second-order valence-electron chi connectivity index (χ2n) is 10.3. The number of nitrogens with zero attached hydrogens (tertiary/aromatic N) is 2. The highest BCUT2D eigenvalue weighted by atomic mass is 35.5. The van der Waals surface area contributed by atoms with Gasteiger partial charge < -0.3 is 10.2 Å². The number of carbonyl (C=O) groups excluding carboxylic acids is 2. The molecule has 0 heterocycles. The van der Waals surface area contributed by atoms with Crippen molar-refractivity contribution in [2.45, 2.75) is 57.2 Å². The van der Waals surface area contributed by atoms with Crippen LogP contribution < -0.4 is 9.62 Å². The Labute approximate surface area is 242 Å². The Balaban J connectivity index is 1.70. The molecule has 0 aliphatic heterocycles. The van der Waals surface area contributed by atoms with Crippen LogP contribution in [0.1, 0.15) is 43.2 Å². The Morgan fingerprint density at radius 2 is 1.48 bits per heavy atom. The molecular formula is C31H36ClN3O4S. The van der Waals surface area contributed by atoms with Crippen LogP contribution in [0.3, 0.4) is 0 Å². The number of sulfonamides is 1. The largest absolute Gasteiger partial charge is 0.352 e. The van der Waals surface area contributed by atoms with Crippen molar-refractivity contribution in [2.75, 3.05) is 17.1 Å². The van der Waals surface area contributed by atoms with E-state index in [2.05, 4.69) is 5.32 Å². The summed E-state index contributed by atoms with van der Waals surface area (Å²) in [6.07, 6.45) is 6.46. The molecule has 9 heteroatoms. The molecule has 0 spiro atoms. The SMILES string of the molecule is CS(=O)(=O)N(CC(=O)N(Cc1ccc(Cl)cc1)[C@H](Cc1ccccc1)C(=O)NC1CCCCC1)c1ccccc1. The third-order valence-electron chi connectivity index (χ3n) is 7.21. The number of anilines is 1. The zero-order valence-corrected chi connectivity index (χ0v) is 24.3. The minimum Gasteiger partial charge on any atom is -0.352 e. The molecule has 1 atom stereocenters. The molecule has 4 rings (SSSR count). The fraction of sp³-hybridized carbons (Fsp3) is 0.355. The molecule has 1 aliphatic carbocycles. The van der Waals surface area contributed by atoms with Gasteiger partial charge in [-0.1, -0.05) is 91.5 Å². The van der Waals surface area contributed by atoms with Gasteiger partial charge in [0.25, 0.3) is 0 Å². The summed E-state index contributed by atoms with van der Waals surface area (Å²) < 4.78 is 26.7. The highest BCUT2D eigenvalue weighted by Gasteiger charge is 2.34. The highest BCUT2D eigenvalue weighted by molar-refractivity contribution is 7.92. The Hall–Kier alpha value is -3.36. The summed E-state index contributed by atoms with van der Waals surface area (Å²) in [6, 6.07) is 24.4. The van der Waals surface area contributed by atoms with Crippen LogP contribution in [0, 0.1) is 0 Å². The quantitative estimate of drug-likeness (QED) is 0.337. The molecule has 0 bridgehead atoms. The fourth-order valence-electron chi connectivity index (χ4n) is 5.09. The van der Waals surface area contributed by atoms with Gasteiger partial charge in [0, 0.05) is 24.0 Å². The van der Waals surface area contributed by atoms with Crippen molar-refractivity contribution in [2.24, 2.45) is 0 Å². The first-order valence-electron chi connectivity index (χ1n) is 13.6. The first-order chi connectivity index (χ1) is 19.2. The molecular weight excluding hydrogens is 546 g/mol. The number of carbonyl (C=O) groups is 2. The van der Waals surface area contributed by atoms with Gasteiger partial charge >= 0.3 is 0 Å². The second-order valence-corrected chi connectivity index (χ2v) is 12.6. The van der Waals surface area contributed by atoms with Gasteiger partial charge in [-0.15, -0.1) is 0 Å². The lowest BCUT2D eigenvalue weighted by Crippen LogP contribution is -2.55. The predicted octanol–water partition coefficient (Wildman–Crippen LogP) is 5.20. The van der Waals surface area contributed by atoms with E-state index in [1.807, 2.05) is 42.5 Å². The first-order valence-corrected chi connectivity index (χ1v) is 15.8. The predicted molar refractivity (Wildman–Crippen MR) is 160 cm³/mol. The average molecular weight is 582 g/mol. The van der Waals surface area contributed by atoms with E-state index in [4.69, 9.17) is 11.6 Å². The Bertz CT molecular complexity index is 1360. The molecule has 1 N–H and O–H groups in total. The number of halogens is 1. The lowest BCUT2D eigenvalue weighted by molar-refractivity contribution is -0.140. The average Bonchev–Trinajstić information content (AvgIpc) is 2.95. The van der Waals surface area contributed by atoms with Crippen LogP contribution in [0.4, 0.5) is 5.69 Å². The van der Waals surface area contributed by atoms with Crippen molar-refractivity contribution in [1.29, 1.82) is 0 Å². The summed E-state index contributed by atoms with van der Waals surface area (Å²) in [4.78, 5) is 29.5. The summed E-state index contributed by atoms with van der Waals surface area (Å²) >= 11 is 6.11. The zero-order valence-electron chi connectivity index (χ0n) is 22.7. The van der Waals surface area contributed by atoms with E-state index in [-0.39, 0.29) is 18.5 Å². The number of hydrogen-bond donors (Lipinski definition) is 1. The third-order valence-corrected chi connectivity index (χ3v) is 8.60. The van der Waals surface area contributed by atoms with Crippen molar-refractivity contribution in [3.63, 3.8) is 0 Å². The van der Waals surface area contributed by atoms with Crippen LogP contribution in [0.5, 0.6) is 0 Å². The second kappa shape index (κ2) is 13.8. The molecule has 212 valence electrons. The van der Waals surface area contributed by atoms with Gasteiger partial charge in [-0.3, -0.25) is 13.9 Å². The summed E-state index contributed by atoms with van der Waals surface area (Å²) in [5, 5.41) is 3.76. The van der Waals surface area contributed by atoms with Crippen molar-refractivity contribution in [3.8, 4) is 0 Å². The number of para-hydroxylation sites is 1. The first kappa shape index (κ1) is 29.6. The summed E-state index contributed by atoms with van der Waals surface area (Å²) in [6.45, 7) is -0.309. The van der Waals surface area contributed by atoms with E-state index in [0.717, 1.165) is 53.8 Å². The lowest BCUT2D eigenvalue weighted by Gasteiger charge is -2.35. The van der Waals surface area contributed by atoms with Crippen molar-refractivity contribution < 1.29 is 18.0 Å². The van der Waals surface area contributed by atoms with E-state index in [9.17, 15) is 18.0 Å². The Morgan fingerprint density at radius 3 is 2.08 bits per heavy atom. The van der Waals surface area contributed by atoms with E-state index in [0.29, 0.717) is 17.1 Å². The number of nitrogens with one attached hydrogen (secondary N) is 1. The highest BCUT2D eigenvalue weighted by Crippen LogP contribution is 2.22. The molecule has 1 aliphatic rings. The van der Waals surface area contributed by atoms with Crippen LogP contribution >= 0.6 is 11.6 Å². The van der Waals surface area contributed by atoms with Gasteiger partial charge in [0.15, 0.2) is 0 Å². The van der Waals surface area contributed by atoms with Crippen LogP contribution in [0.2, 0.25) is 5.02 Å². The fourth-order valence-corrected chi connectivity index (χ4v) is 6.07. The maximum atomic E-state index is 14.1. The van der Waals surface area contributed by atoms with Gasteiger partial charge in [0.1, 0.15) is 12.6 Å². The monoisotopic (exact) mass is 581 g/mol. The van der Waals surface area contributed by atoms with Crippen LogP contribution in [0.25, 0.3) is 0 Å². The lowest BCUT2D eigenvalue weighted by atomic mass is 9.94. The number of benzene rings is 3. The molecule has 3 aromatic carbocycles. The van der Waals surface area contributed by atoms with E-state index >= 15 is 0 Å². The van der Waals surface area contributed by atoms with Gasteiger partial charge in [-0.05, 0) is 48.2 Å². The smallest absolute Gasteiger partial charge is 0.244 e. The van der Waals surface area contributed by atoms with Crippen molar-refractivity contribution in [1.82, 2.24) is 10.2 Å². The standard InChI is InChI=1S/C31H36ClN3O4S/c1-40(38,39)35(28-15-9-4-10-16-28)23-30(36)34(22-25-17-19-26(32)20-18-25)29(21-24-11-5-2-6-12-24)31(37)33-27-13-7-3-8-14-27/h2,4-6,9-12,15-20,27,29H,3,7-8,13-14,21-23H2,1H3,(H,33,37)/t29-/m1/s1. The third kappa shape index (κ3) is 8.32. The number of hydrogen-bond acceptors (Lipinski definition) is 4. The van der Waals surface area contributed by atoms with Gasteiger partial charge in [-0.25, -0.2) is 8.42 Å². The number of amides is 2. The number of rotatable bonds is 11. The molecule has 2 amide bonds. The molecule has 40 heavy (non-hydrogen) atoms. The summed E-state index contributed by atoms with van der Waals surface area (Å²) in [7, 11) is -3.78. The minimum atomic E-state index is -3.78. The van der Waals surface area contributed by atoms with Crippen LogP contribution in [-0.2, 0) is 32.6 Å². The molecule has 0 saturated heterocycles. The zero-order chi connectivity index (χ0) is 28.5. The van der Waals surface area contributed by atoms with Gasteiger partial charge in [0.2, 0.25) is 21.8 Å². The Kier molecular flexibility index (Phi) is 10.2. The molecule has 0 radical (unpaired) electrons. The van der Waals surface area contributed by atoms with Gasteiger partial charge in [0.05, 0.1) is 11.9 Å². The normalized spacial score (nSPS) is 14.8. The minimum absolute atomic E-state index is 0.0591. The summed E-state index contributed by atoms with van der Waals surface area (Å²) in [5.74, 6) is -0.701.